The van der Waals surface area contributed by atoms with Gasteiger partial charge in [0.25, 0.3) is 0 Å². The van der Waals surface area contributed by atoms with E-state index in [9.17, 15) is 9.18 Å². The Balaban J connectivity index is 1.92. The number of nitrogens with zero attached hydrogens (tertiary/aromatic N) is 1. The lowest BCUT2D eigenvalue weighted by Crippen LogP contribution is -2.12. The van der Waals surface area contributed by atoms with E-state index < -0.39 is 5.92 Å². The SMILES string of the molecule is O=C1Nc2ccc(F)cc2C1C=Nc1ccccc1. The Morgan fingerprint density at radius 1 is 1.16 bits per heavy atom. The van der Waals surface area contributed by atoms with E-state index in [1.165, 1.54) is 12.1 Å². The quantitative estimate of drug-likeness (QED) is 0.821. The first kappa shape index (κ1) is 11.6. The van der Waals surface area contributed by atoms with Crippen LogP contribution in [0, 0.1) is 5.82 Å². The standard InChI is InChI=1S/C15H11FN2O/c16-10-6-7-14-12(8-10)13(15(19)18-14)9-17-11-4-2-1-3-5-11/h1-9,13H,(H,18,19). The van der Waals surface area contributed by atoms with Crippen molar-refractivity contribution in [2.24, 2.45) is 4.99 Å². The molecule has 1 aliphatic rings. The number of benzene rings is 2. The summed E-state index contributed by atoms with van der Waals surface area (Å²) < 4.78 is 13.2. The third-order valence-corrected chi connectivity index (χ3v) is 3.02. The van der Waals surface area contributed by atoms with Crippen molar-refractivity contribution in [2.45, 2.75) is 5.92 Å². The van der Waals surface area contributed by atoms with Crippen molar-refractivity contribution >= 4 is 23.5 Å². The lowest BCUT2D eigenvalue weighted by atomic mass is 10.0. The Morgan fingerprint density at radius 2 is 1.95 bits per heavy atom. The number of nitrogens with one attached hydrogen (secondary N) is 1. The number of fused-ring (bicyclic) bond motifs is 1. The first-order chi connectivity index (χ1) is 9.24. The molecule has 1 heterocycles. The number of anilines is 1. The smallest absolute Gasteiger partial charge is 0.237 e. The highest BCUT2D eigenvalue weighted by Crippen LogP contribution is 2.32. The largest absolute Gasteiger partial charge is 0.325 e. The maximum Gasteiger partial charge on any atom is 0.237 e. The fraction of sp³-hybridized carbons (Fsp3) is 0.0667. The number of halogens is 1. The zero-order valence-corrected chi connectivity index (χ0v) is 10.0. The van der Waals surface area contributed by atoms with Gasteiger partial charge in [-0.3, -0.25) is 9.79 Å². The Labute approximate surface area is 109 Å². The second-order valence-corrected chi connectivity index (χ2v) is 4.31. The number of para-hydroxylation sites is 1. The number of aliphatic imine (C=N–C) groups is 1. The minimum absolute atomic E-state index is 0.180. The maximum atomic E-state index is 13.2. The topological polar surface area (TPSA) is 41.5 Å². The van der Waals surface area contributed by atoms with Gasteiger partial charge >= 0.3 is 0 Å². The highest BCUT2D eigenvalue weighted by atomic mass is 19.1. The van der Waals surface area contributed by atoms with Crippen molar-refractivity contribution in [1.82, 2.24) is 0 Å². The summed E-state index contributed by atoms with van der Waals surface area (Å²) in [6.07, 6.45) is 1.55. The van der Waals surface area contributed by atoms with Crippen LogP contribution in [0.4, 0.5) is 15.8 Å². The third kappa shape index (κ3) is 2.25. The molecule has 3 nitrogen and oxygen atoms in total. The van der Waals surface area contributed by atoms with Crippen LogP contribution in [0.25, 0.3) is 0 Å². The van der Waals surface area contributed by atoms with Crippen molar-refractivity contribution in [3.8, 4) is 0 Å². The summed E-state index contributed by atoms with van der Waals surface area (Å²) in [5, 5.41) is 2.71. The average Bonchev–Trinajstić information content (AvgIpc) is 2.73. The molecular formula is C15H11FN2O. The zero-order chi connectivity index (χ0) is 13.2. The highest BCUT2D eigenvalue weighted by Gasteiger charge is 2.29. The average molecular weight is 254 g/mol. The second-order valence-electron chi connectivity index (χ2n) is 4.31. The van der Waals surface area contributed by atoms with Crippen LogP contribution in [0.3, 0.4) is 0 Å². The van der Waals surface area contributed by atoms with E-state index in [4.69, 9.17) is 0 Å². The summed E-state index contributed by atoms with van der Waals surface area (Å²) in [5.74, 6) is -1.07. The van der Waals surface area contributed by atoms with Crippen LogP contribution in [0.1, 0.15) is 11.5 Å². The number of hydrogen-bond donors (Lipinski definition) is 1. The first-order valence-corrected chi connectivity index (χ1v) is 5.93. The van der Waals surface area contributed by atoms with Crippen molar-refractivity contribution < 1.29 is 9.18 Å². The van der Waals surface area contributed by atoms with Gasteiger partial charge in [-0.25, -0.2) is 4.39 Å². The first-order valence-electron chi connectivity index (χ1n) is 5.93. The number of carbonyl (C=O) groups is 1. The van der Waals surface area contributed by atoms with Crippen molar-refractivity contribution in [3.05, 3.63) is 59.9 Å². The molecule has 1 N–H and O–H groups in total. The summed E-state index contributed by atoms with van der Waals surface area (Å²) in [6, 6.07) is 13.6. The van der Waals surface area contributed by atoms with E-state index in [-0.39, 0.29) is 11.7 Å². The molecule has 1 amide bonds. The summed E-state index contributed by atoms with van der Waals surface area (Å²) in [6.45, 7) is 0. The second kappa shape index (κ2) is 4.65. The summed E-state index contributed by atoms with van der Waals surface area (Å²) in [7, 11) is 0. The lowest BCUT2D eigenvalue weighted by Gasteiger charge is -2.02. The fourth-order valence-electron chi connectivity index (χ4n) is 2.08. The fourth-order valence-corrected chi connectivity index (χ4v) is 2.08. The highest BCUT2D eigenvalue weighted by molar-refractivity contribution is 6.12. The molecule has 0 saturated heterocycles. The summed E-state index contributed by atoms with van der Waals surface area (Å²) in [4.78, 5) is 16.1. The Hall–Kier alpha value is -2.49. The van der Waals surface area contributed by atoms with Crippen LogP contribution in [0.2, 0.25) is 0 Å². The molecule has 4 heteroatoms. The minimum Gasteiger partial charge on any atom is -0.325 e. The molecular weight excluding hydrogens is 243 g/mol. The molecule has 0 radical (unpaired) electrons. The number of amides is 1. The van der Waals surface area contributed by atoms with Gasteiger partial charge in [-0.2, -0.15) is 0 Å². The van der Waals surface area contributed by atoms with Crippen LogP contribution >= 0.6 is 0 Å². The Bertz CT molecular complexity index is 652. The molecule has 0 spiro atoms. The monoisotopic (exact) mass is 254 g/mol. The molecule has 1 aliphatic heterocycles. The third-order valence-electron chi connectivity index (χ3n) is 3.02. The van der Waals surface area contributed by atoms with Gasteiger partial charge in [0.1, 0.15) is 11.7 Å². The van der Waals surface area contributed by atoms with Crippen molar-refractivity contribution in [3.63, 3.8) is 0 Å². The van der Waals surface area contributed by atoms with Gasteiger partial charge < -0.3 is 5.32 Å². The number of hydrogen-bond acceptors (Lipinski definition) is 2. The Morgan fingerprint density at radius 3 is 2.74 bits per heavy atom. The molecule has 1 atom stereocenters. The molecule has 1 unspecified atom stereocenters. The van der Waals surface area contributed by atoms with Crippen LogP contribution in [0.5, 0.6) is 0 Å². The van der Waals surface area contributed by atoms with E-state index in [1.54, 1.807) is 12.3 Å². The molecule has 94 valence electrons. The Kier molecular flexibility index (Phi) is 2.83. The normalized spacial score (nSPS) is 17.5. The molecule has 19 heavy (non-hydrogen) atoms. The number of carbonyl (C=O) groups excluding carboxylic acids is 1. The predicted molar refractivity (Wildman–Crippen MR) is 72.4 cm³/mol. The van der Waals surface area contributed by atoms with Gasteiger partial charge in [-0.05, 0) is 35.9 Å². The summed E-state index contributed by atoms with van der Waals surface area (Å²) >= 11 is 0. The van der Waals surface area contributed by atoms with E-state index in [2.05, 4.69) is 10.3 Å². The van der Waals surface area contributed by atoms with Gasteiger partial charge in [0.15, 0.2) is 0 Å². The maximum absolute atomic E-state index is 13.2. The van der Waals surface area contributed by atoms with Gasteiger partial charge in [-0.1, -0.05) is 18.2 Å². The molecule has 2 aromatic carbocycles. The molecule has 0 fully saturated rings. The van der Waals surface area contributed by atoms with Gasteiger partial charge in [-0.15, -0.1) is 0 Å². The number of rotatable bonds is 2. The van der Waals surface area contributed by atoms with Crippen molar-refractivity contribution in [2.75, 3.05) is 5.32 Å². The van der Waals surface area contributed by atoms with E-state index in [0.29, 0.717) is 11.3 Å². The molecule has 0 aliphatic carbocycles. The zero-order valence-electron chi connectivity index (χ0n) is 10.0. The van der Waals surface area contributed by atoms with Crippen LogP contribution < -0.4 is 5.32 Å². The predicted octanol–water partition coefficient (Wildman–Crippen LogP) is 3.26. The molecule has 3 rings (SSSR count). The summed E-state index contributed by atoms with van der Waals surface area (Å²) in [5.41, 5.74) is 2.04. The molecule has 0 aromatic heterocycles. The molecule has 2 aromatic rings. The van der Waals surface area contributed by atoms with E-state index in [1.807, 2.05) is 30.3 Å². The van der Waals surface area contributed by atoms with Crippen LogP contribution in [-0.2, 0) is 4.79 Å². The molecule has 0 saturated carbocycles. The van der Waals surface area contributed by atoms with Crippen molar-refractivity contribution in [1.29, 1.82) is 0 Å². The lowest BCUT2D eigenvalue weighted by molar-refractivity contribution is -0.115. The van der Waals surface area contributed by atoms with Crippen LogP contribution in [0.15, 0.2) is 53.5 Å². The van der Waals surface area contributed by atoms with Gasteiger partial charge in [0.2, 0.25) is 5.91 Å². The van der Waals surface area contributed by atoms with E-state index >= 15 is 0 Å². The molecule has 0 bridgehead atoms. The van der Waals surface area contributed by atoms with Gasteiger partial charge in [0.05, 0.1) is 5.69 Å². The van der Waals surface area contributed by atoms with Crippen LogP contribution in [-0.4, -0.2) is 12.1 Å². The van der Waals surface area contributed by atoms with Gasteiger partial charge in [0, 0.05) is 11.9 Å². The van der Waals surface area contributed by atoms with E-state index in [0.717, 1.165) is 5.69 Å². The minimum atomic E-state index is -0.536.